The first kappa shape index (κ1) is 48.1. The summed E-state index contributed by atoms with van der Waals surface area (Å²) in [5.74, 6) is -4.06. The van der Waals surface area contributed by atoms with Gasteiger partial charge >= 0.3 is 23.9 Å². The van der Waals surface area contributed by atoms with Gasteiger partial charge in [-0.3, -0.25) is 28.8 Å². The SMILES string of the molecule is CCOC(=O)C(C)CC(Cc1ccc(-c2ccccc2)cc1)NC(=O)CCC(=O)O.CCOC(=O)C(C)CC(Cc1ccc(-c2ccccc2)cc1)NC(=O)CCC(=O)O. The zero-order chi connectivity index (χ0) is 43.9. The number of benzene rings is 4. The molecule has 0 aliphatic heterocycles. The van der Waals surface area contributed by atoms with Crippen LogP contribution in [-0.4, -0.2) is 71.2 Å². The first-order valence-electron chi connectivity index (χ1n) is 20.4. The van der Waals surface area contributed by atoms with Crippen LogP contribution in [-0.2, 0) is 51.1 Å². The van der Waals surface area contributed by atoms with Crippen LogP contribution >= 0.6 is 0 Å². The van der Waals surface area contributed by atoms with E-state index in [0.717, 1.165) is 33.4 Å². The fraction of sp³-hybridized carbons (Fsp3) is 0.375. The van der Waals surface area contributed by atoms with Crippen molar-refractivity contribution in [3.8, 4) is 22.3 Å². The van der Waals surface area contributed by atoms with Gasteiger partial charge in [0.1, 0.15) is 0 Å². The van der Waals surface area contributed by atoms with Crippen LogP contribution in [0.3, 0.4) is 0 Å². The van der Waals surface area contributed by atoms with Crippen molar-refractivity contribution < 1.29 is 48.5 Å². The van der Waals surface area contributed by atoms with Gasteiger partial charge < -0.3 is 30.3 Å². The molecule has 4 rings (SSSR count). The van der Waals surface area contributed by atoms with Crippen LogP contribution in [0, 0.1) is 11.8 Å². The Balaban J connectivity index is 0.000000320. The van der Waals surface area contributed by atoms with Gasteiger partial charge in [-0.05, 0) is 72.9 Å². The fourth-order valence-electron chi connectivity index (χ4n) is 6.54. The van der Waals surface area contributed by atoms with Crippen molar-refractivity contribution >= 4 is 35.7 Å². The minimum atomic E-state index is -1.02. The van der Waals surface area contributed by atoms with E-state index in [0.29, 0.717) is 38.9 Å². The third kappa shape index (κ3) is 18.1. The van der Waals surface area contributed by atoms with Crippen molar-refractivity contribution in [2.45, 2.75) is 91.1 Å². The maximum Gasteiger partial charge on any atom is 0.308 e. The molecule has 12 heteroatoms. The molecule has 0 heterocycles. The third-order valence-corrected chi connectivity index (χ3v) is 9.60. The molecular formula is C48H58N2O10. The topological polar surface area (TPSA) is 185 Å². The average Bonchev–Trinajstić information content (AvgIpc) is 3.23. The highest BCUT2D eigenvalue weighted by atomic mass is 16.5. The van der Waals surface area contributed by atoms with E-state index in [-0.39, 0.29) is 73.4 Å². The van der Waals surface area contributed by atoms with E-state index in [9.17, 15) is 28.8 Å². The zero-order valence-corrected chi connectivity index (χ0v) is 34.9. The van der Waals surface area contributed by atoms with Crippen molar-refractivity contribution in [1.82, 2.24) is 10.6 Å². The Hall–Kier alpha value is -6.30. The lowest BCUT2D eigenvalue weighted by Gasteiger charge is -2.22. The van der Waals surface area contributed by atoms with Gasteiger partial charge in [0, 0.05) is 24.9 Å². The molecule has 0 bridgehead atoms. The lowest BCUT2D eigenvalue weighted by molar-refractivity contribution is -0.148. The number of carboxylic acids is 2. The minimum absolute atomic E-state index is 0.0907. The second-order valence-corrected chi connectivity index (χ2v) is 14.6. The van der Waals surface area contributed by atoms with E-state index < -0.39 is 11.9 Å². The van der Waals surface area contributed by atoms with Gasteiger partial charge in [-0.2, -0.15) is 0 Å². The number of hydrogen-bond donors (Lipinski definition) is 4. The van der Waals surface area contributed by atoms with Gasteiger partial charge in [-0.25, -0.2) is 0 Å². The Morgan fingerprint density at radius 2 is 0.800 bits per heavy atom. The van der Waals surface area contributed by atoms with Crippen LogP contribution in [0.5, 0.6) is 0 Å². The van der Waals surface area contributed by atoms with Crippen LogP contribution in [0.2, 0.25) is 0 Å². The molecule has 4 N–H and O–H groups in total. The number of carbonyl (C=O) groups is 6. The van der Waals surface area contributed by atoms with Crippen LogP contribution < -0.4 is 10.6 Å². The molecule has 0 aromatic heterocycles. The summed E-state index contributed by atoms with van der Waals surface area (Å²) in [6.07, 6.45) is 1.28. The summed E-state index contributed by atoms with van der Waals surface area (Å²) in [5.41, 5.74) is 6.49. The molecule has 4 aromatic carbocycles. The van der Waals surface area contributed by atoms with Crippen molar-refractivity contribution in [2.24, 2.45) is 11.8 Å². The molecule has 2 amide bonds. The first-order chi connectivity index (χ1) is 28.8. The van der Waals surface area contributed by atoms with Crippen molar-refractivity contribution in [3.05, 3.63) is 120 Å². The smallest absolute Gasteiger partial charge is 0.308 e. The van der Waals surface area contributed by atoms with E-state index in [1.807, 2.05) is 109 Å². The molecule has 0 spiro atoms. The van der Waals surface area contributed by atoms with Gasteiger partial charge in [-0.15, -0.1) is 0 Å². The maximum absolute atomic E-state index is 12.2. The molecule has 4 unspecified atom stereocenters. The summed E-state index contributed by atoms with van der Waals surface area (Å²) in [6, 6.07) is 35.6. The Morgan fingerprint density at radius 1 is 0.483 bits per heavy atom. The Morgan fingerprint density at radius 3 is 1.10 bits per heavy atom. The van der Waals surface area contributed by atoms with Crippen LogP contribution in [0.1, 0.15) is 77.3 Å². The summed E-state index contributed by atoms with van der Waals surface area (Å²) in [4.78, 5) is 69.8. The highest BCUT2D eigenvalue weighted by Crippen LogP contribution is 2.23. The molecule has 0 fully saturated rings. The first-order valence-corrected chi connectivity index (χ1v) is 20.4. The quantitative estimate of drug-likeness (QED) is 0.0574. The van der Waals surface area contributed by atoms with Gasteiger partial charge in [0.15, 0.2) is 0 Å². The summed E-state index contributed by atoms with van der Waals surface area (Å²) >= 11 is 0. The van der Waals surface area contributed by atoms with E-state index >= 15 is 0 Å². The monoisotopic (exact) mass is 822 g/mol. The average molecular weight is 823 g/mol. The third-order valence-electron chi connectivity index (χ3n) is 9.60. The molecule has 0 saturated carbocycles. The fourth-order valence-corrected chi connectivity index (χ4v) is 6.54. The highest BCUT2D eigenvalue weighted by Gasteiger charge is 2.24. The molecule has 4 aromatic rings. The largest absolute Gasteiger partial charge is 0.481 e. The lowest BCUT2D eigenvalue weighted by Crippen LogP contribution is -2.39. The minimum Gasteiger partial charge on any atom is -0.481 e. The molecular weight excluding hydrogens is 765 g/mol. The molecule has 4 atom stereocenters. The number of esters is 2. The summed E-state index contributed by atoms with van der Waals surface area (Å²) in [6.45, 7) is 7.66. The molecule has 60 heavy (non-hydrogen) atoms. The molecule has 0 aliphatic carbocycles. The number of aliphatic carboxylic acids is 2. The Kier molecular flexibility index (Phi) is 20.8. The normalized spacial score (nSPS) is 12.6. The van der Waals surface area contributed by atoms with E-state index in [1.54, 1.807) is 27.7 Å². The van der Waals surface area contributed by atoms with E-state index in [2.05, 4.69) is 10.6 Å². The van der Waals surface area contributed by atoms with Crippen LogP contribution in [0.25, 0.3) is 22.3 Å². The van der Waals surface area contributed by atoms with Crippen LogP contribution in [0.15, 0.2) is 109 Å². The van der Waals surface area contributed by atoms with Gasteiger partial charge in [-0.1, -0.05) is 123 Å². The lowest BCUT2D eigenvalue weighted by atomic mass is 9.94. The second kappa shape index (κ2) is 25.9. The Bertz CT molecular complexity index is 1810. The number of hydrogen-bond acceptors (Lipinski definition) is 8. The predicted molar refractivity (Wildman–Crippen MR) is 230 cm³/mol. The number of amides is 2. The molecule has 0 radical (unpaired) electrons. The predicted octanol–water partition coefficient (Wildman–Crippen LogP) is 7.67. The molecule has 320 valence electrons. The second-order valence-electron chi connectivity index (χ2n) is 14.6. The van der Waals surface area contributed by atoms with Gasteiger partial charge in [0.05, 0.1) is 37.9 Å². The summed E-state index contributed by atoms with van der Waals surface area (Å²) < 4.78 is 10.1. The molecule has 12 nitrogen and oxygen atoms in total. The number of carbonyl (C=O) groups excluding carboxylic acids is 4. The van der Waals surface area contributed by atoms with Gasteiger partial charge in [0.2, 0.25) is 11.8 Å². The zero-order valence-electron chi connectivity index (χ0n) is 34.9. The summed E-state index contributed by atoms with van der Waals surface area (Å²) in [7, 11) is 0. The number of ether oxygens (including phenoxy) is 2. The van der Waals surface area contributed by atoms with Crippen molar-refractivity contribution in [1.29, 1.82) is 0 Å². The standard InChI is InChI=1S/2C24H29NO5/c2*1-3-30-24(29)17(2)15-21(25-22(26)13-14-23(27)28)16-18-9-11-20(12-10-18)19-7-5-4-6-8-19/h2*4-12,17,21H,3,13-16H2,1-2H3,(H,25,26)(H,27,28). The Labute approximate surface area is 352 Å². The molecule has 0 aliphatic rings. The number of nitrogens with one attached hydrogen (secondary N) is 2. The van der Waals surface area contributed by atoms with Crippen LogP contribution in [0.4, 0.5) is 0 Å². The van der Waals surface area contributed by atoms with E-state index in [1.165, 1.54) is 0 Å². The van der Waals surface area contributed by atoms with E-state index in [4.69, 9.17) is 19.7 Å². The number of rotatable bonds is 22. The highest BCUT2D eigenvalue weighted by molar-refractivity contribution is 5.81. The van der Waals surface area contributed by atoms with Gasteiger partial charge in [0.25, 0.3) is 0 Å². The maximum atomic E-state index is 12.2. The molecule has 0 saturated heterocycles. The van der Waals surface area contributed by atoms with Crippen molar-refractivity contribution in [3.63, 3.8) is 0 Å². The summed E-state index contributed by atoms with van der Waals surface area (Å²) in [5, 5.41) is 23.3. The van der Waals surface area contributed by atoms with Crippen molar-refractivity contribution in [2.75, 3.05) is 13.2 Å². The number of carboxylic acid groups (broad SMARTS) is 2.